The highest BCUT2D eigenvalue weighted by Crippen LogP contribution is 2.26. The molecule has 3 aromatic carbocycles. The molecule has 1 N–H and O–H groups in total. The molecule has 1 heterocycles. The van der Waals surface area contributed by atoms with Crippen LogP contribution in [0.1, 0.15) is 11.4 Å². The molecule has 0 bridgehead atoms. The molecule has 0 saturated heterocycles. The van der Waals surface area contributed by atoms with Crippen molar-refractivity contribution in [3.63, 3.8) is 0 Å². The summed E-state index contributed by atoms with van der Waals surface area (Å²) in [6, 6.07) is 22.5. The molecule has 9 heteroatoms. The summed E-state index contributed by atoms with van der Waals surface area (Å²) in [5.41, 5.74) is 2.62. The largest absolute Gasteiger partial charge is 0.486 e. The van der Waals surface area contributed by atoms with Gasteiger partial charge in [-0.25, -0.2) is 0 Å². The predicted molar refractivity (Wildman–Crippen MR) is 133 cm³/mol. The van der Waals surface area contributed by atoms with Crippen LogP contribution in [0.25, 0.3) is 5.69 Å². The van der Waals surface area contributed by atoms with Crippen molar-refractivity contribution in [2.75, 3.05) is 11.1 Å². The molecule has 0 spiro atoms. The molecular formula is C24H20Cl2N4O2S. The van der Waals surface area contributed by atoms with E-state index >= 15 is 0 Å². The van der Waals surface area contributed by atoms with Crippen LogP contribution in [-0.4, -0.2) is 26.4 Å². The van der Waals surface area contributed by atoms with E-state index in [0.717, 1.165) is 17.0 Å². The van der Waals surface area contributed by atoms with E-state index < -0.39 is 0 Å². The van der Waals surface area contributed by atoms with Crippen LogP contribution in [0, 0.1) is 6.92 Å². The van der Waals surface area contributed by atoms with E-state index in [0.29, 0.717) is 26.7 Å². The zero-order valence-corrected chi connectivity index (χ0v) is 20.0. The lowest BCUT2D eigenvalue weighted by atomic mass is 10.2. The first-order valence-electron chi connectivity index (χ1n) is 10.1. The summed E-state index contributed by atoms with van der Waals surface area (Å²) < 4.78 is 7.81. The van der Waals surface area contributed by atoms with Gasteiger partial charge in [-0.05, 0) is 49.4 Å². The molecule has 0 unspecified atom stereocenters. The van der Waals surface area contributed by atoms with Gasteiger partial charge in [0.25, 0.3) is 0 Å². The minimum atomic E-state index is -0.196. The second-order valence-corrected chi connectivity index (χ2v) is 8.89. The molecule has 0 aliphatic carbocycles. The van der Waals surface area contributed by atoms with Crippen LogP contribution < -0.4 is 10.1 Å². The fourth-order valence-electron chi connectivity index (χ4n) is 3.01. The third-order valence-electron chi connectivity index (χ3n) is 4.64. The number of hydrogen-bond acceptors (Lipinski definition) is 5. The van der Waals surface area contributed by atoms with Crippen molar-refractivity contribution in [3.05, 3.63) is 94.2 Å². The van der Waals surface area contributed by atoms with Gasteiger partial charge in [-0.1, -0.05) is 70.9 Å². The average molecular weight is 499 g/mol. The number of rotatable bonds is 8. The molecule has 0 radical (unpaired) electrons. The minimum Gasteiger partial charge on any atom is -0.486 e. The summed E-state index contributed by atoms with van der Waals surface area (Å²) in [6.07, 6.45) is 0. The van der Waals surface area contributed by atoms with Crippen molar-refractivity contribution < 1.29 is 9.53 Å². The van der Waals surface area contributed by atoms with E-state index in [1.54, 1.807) is 18.2 Å². The highest BCUT2D eigenvalue weighted by Gasteiger charge is 2.17. The first kappa shape index (κ1) is 23.2. The Bertz CT molecular complexity index is 1250. The summed E-state index contributed by atoms with van der Waals surface area (Å²) in [5, 5.41) is 12.8. The predicted octanol–water partition coefficient (Wildman–Crippen LogP) is 6.19. The second kappa shape index (κ2) is 10.7. The molecule has 4 aromatic rings. The van der Waals surface area contributed by atoms with Gasteiger partial charge in [0.2, 0.25) is 5.91 Å². The van der Waals surface area contributed by atoms with Crippen LogP contribution in [0.4, 0.5) is 5.69 Å². The zero-order chi connectivity index (χ0) is 23.2. The maximum absolute atomic E-state index is 12.5. The van der Waals surface area contributed by atoms with Crippen LogP contribution >= 0.6 is 35.0 Å². The lowest BCUT2D eigenvalue weighted by Gasteiger charge is -2.11. The standard InChI is InChI=1S/C24H20Cl2N4O2S/c1-16-7-10-19(11-8-16)32-14-22-28-29-24(30(22)18-5-3-2-4-6-18)33-15-23(31)27-17-9-12-20(25)21(26)13-17/h2-13H,14-15H2,1H3,(H,27,31). The topological polar surface area (TPSA) is 69.0 Å². The molecule has 0 fully saturated rings. The van der Waals surface area contributed by atoms with E-state index in [-0.39, 0.29) is 18.3 Å². The number of aromatic nitrogens is 3. The normalized spacial score (nSPS) is 10.8. The molecule has 0 atom stereocenters. The van der Waals surface area contributed by atoms with E-state index in [4.69, 9.17) is 27.9 Å². The van der Waals surface area contributed by atoms with Gasteiger partial charge >= 0.3 is 0 Å². The summed E-state index contributed by atoms with van der Waals surface area (Å²) in [5.74, 6) is 1.33. The quantitative estimate of drug-likeness (QED) is 0.293. The summed E-state index contributed by atoms with van der Waals surface area (Å²) >= 11 is 13.2. The molecule has 4 rings (SSSR count). The van der Waals surface area contributed by atoms with Gasteiger partial charge in [-0.3, -0.25) is 9.36 Å². The van der Waals surface area contributed by atoms with Crippen molar-refractivity contribution >= 4 is 46.6 Å². The Morgan fingerprint density at radius 3 is 2.48 bits per heavy atom. The molecule has 6 nitrogen and oxygen atoms in total. The van der Waals surface area contributed by atoms with E-state index in [9.17, 15) is 4.79 Å². The van der Waals surface area contributed by atoms with Crippen molar-refractivity contribution in [1.29, 1.82) is 0 Å². The third kappa shape index (κ3) is 6.07. The number of thioether (sulfide) groups is 1. The fraction of sp³-hybridized carbons (Fsp3) is 0.125. The Kier molecular flexibility index (Phi) is 7.54. The number of ether oxygens (including phenoxy) is 1. The van der Waals surface area contributed by atoms with Crippen LogP contribution in [-0.2, 0) is 11.4 Å². The molecular weight excluding hydrogens is 479 g/mol. The van der Waals surface area contributed by atoms with Crippen molar-refractivity contribution in [2.45, 2.75) is 18.7 Å². The molecule has 1 aromatic heterocycles. The smallest absolute Gasteiger partial charge is 0.234 e. The first-order chi connectivity index (χ1) is 16.0. The van der Waals surface area contributed by atoms with E-state index in [1.165, 1.54) is 11.8 Å². The van der Waals surface area contributed by atoms with Gasteiger partial charge in [0.1, 0.15) is 12.4 Å². The maximum Gasteiger partial charge on any atom is 0.234 e. The Labute approximate surface area is 205 Å². The monoisotopic (exact) mass is 498 g/mol. The van der Waals surface area contributed by atoms with Gasteiger partial charge in [-0.2, -0.15) is 0 Å². The van der Waals surface area contributed by atoms with Gasteiger partial charge in [0.15, 0.2) is 11.0 Å². The van der Waals surface area contributed by atoms with Crippen LogP contribution in [0.5, 0.6) is 5.75 Å². The summed E-state index contributed by atoms with van der Waals surface area (Å²) in [7, 11) is 0. The SMILES string of the molecule is Cc1ccc(OCc2nnc(SCC(=O)Nc3ccc(Cl)c(Cl)c3)n2-c2ccccc2)cc1. The third-order valence-corrected chi connectivity index (χ3v) is 6.31. The van der Waals surface area contributed by atoms with Crippen LogP contribution in [0.2, 0.25) is 10.0 Å². The van der Waals surface area contributed by atoms with Crippen LogP contribution in [0.3, 0.4) is 0 Å². The highest BCUT2D eigenvalue weighted by atomic mass is 35.5. The van der Waals surface area contributed by atoms with Gasteiger partial charge in [-0.15, -0.1) is 10.2 Å². The van der Waals surface area contributed by atoms with E-state index in [2.05, 4.69) is 15.5 Å². The molecule has 0 aliphatic heterocycles. The lowest BCUT2D eigenvalue weighted by molar-refractivity contribution is -0.113. The molecule has 0 aliphatic rings. The van der Waals surface area contributed by atoms with E-state index in [1.807, 2.05) is 66.1 Å². The maximum atomic E-state index is 12.5. The Balaban J connectivity index is 1.48. The number of anilines is 1. The number of benzene rings is 3. The average Bonchev–Trinajstić information content (AvgIpc) is 3.23. The number of amides is 1. The minimum absolute atomic E-state index is 0.143. The van der Waals surface area contributed by atoms with Crippen molar-refractivity contribution in [1.82, 2.24) is 14.8 Å². The summed E-state index contributed by atoms with van der Waals surface area (Å²) in [4.78, 5) is 12.5. The number of para-hydroxylation sites is 1. The lowest BCUT2D eigenvalue weighted by Crippen LogP contribution is -2.14. The molecule has 0 saturated carbocycles. The Morgan fingerprint density at radius 1 is 1.00 bits per heavy atom. The molecule has 1 amide bonds. The van der Waals surface area contributed by atoms with Crippen LogP contribution in [0.15, 0.2) is 78.0 Å². The number of aryl methyl sites for hydroxylation is 1. The number of carbonyl (C=O) groups is 1. The fourth-order valence-corrected chi connectivity index (χ4v) is 4.08. The van der Waals surface area contributed by atoms with Gasteiger partial charge in [0, 0.05) is 11.4 Å². The Hall–Kier alpha value is -3.00. The highest BCUT2D eigenvalue weighted by molar-refractivity contribution is 7.99. The summed E-state index contributed by atoms with van der Waals surface area (Å²) in [6.45, 7) is 2.26. The zero-order valence-electron chi connectivity index (χ0n) is 17.7. The molecule has 33 heavy (non-hydrogen) atoms. The van der Waals surface area contributed by atoms with Gasteiger partial charge in [0.05, 0.1) is 15.8 Å². The second-order valence-electron chi connectivity index (χ2n) is 7.14. The number of nitrogens with one attached hydrogen (secondary N) is 1. The number of hydrogen-bond donors (Lipinski definition) is 1. The number of nitrogens with zero attached hydrogens (tertiary/aromatic N) is 3. The first-order valence-corrected chi connectivity index (χ1v) is 11.8. The molecule has 168 valence electrons. The Morgan fingerprint density at radius 2 is 1.76 bits per heavy atom. The van der Waals surface area contributed by atoms with Crippen molar-refractivity contribution in [3.8, 4) is 11.4 Å². The number of carbonyl (C=O) groups excluding carboxylic acids is 1. The number of halogens is 2. The van der Waals surface area contributed by atoms with Crippen molar-refractivity contribution in [2.24, 2.45) is 0 Å². The van der Waals surface area contributed by atoms with Gasteiger partial charge < -0.3 is 10.1 Å².